The number of hydrogen-bond acceptors (Lipinski definition) is 3. The van der Waals surface area contributed by atoms with Gasteiger partial charge in [0, 0.05) is 6.20 Å². The maximum atomic E-state index is 12.4. The highest BCUT2D eigenvalue weighted by Gasteiger charge is 2.32. The van der Waals surface area contributed by atoms with E-state index in [0.717, 1.165) is 17.1 Å². The molecule has 0 bridgehead atoms. The Bertz CT molecular complexity index is 591. The van der Waals surface area contributed by atoms with Crippen LogP contribution in [-0.2, 0) is 6.18 Å². The lowest BCUT2D eigenvalue weighted by molar-refractivity contribution is -0.137. The fourth-order valence-electron chi connectivity index (χ4n) is 1.28. The van der Waals surface area contributed by atoms with Crippen LogP contribution in [-0.4, -0.2) is 19.8 Å². The molecule has 0 saturated carbocycles. The van der Waals surface area contributed by atoms with Crippen LogP contribution in [0.5, 0.6) is 0 Å². The van der Waals surface area contributed by atoms with E-state index in [1.54, 1.807) is 12.1 Å². The molecule has 18 heavy (non-hydrogen) atoms. The fourth-order valence-corrected chi connectivity index (χ4v) is 1.40. The largest absolute Gasteiger partial charge is 0.419 e. The molecule has 0 unspecified atom stereocenters. The van der Waals surface area contributed by atoms with Gasteiger partial charge in [-0.2, -0.15) is 18.3 Å². The van der Waals surface area contributed by atoms with Crippen LogP contribution >= 0.6 is 12.2 Å². The summed E-state index contributed by atoms with van der Waals surface area (Å²) in [4.78, 5) is 4.07. The molecular weight excluding hydrogens is 265 g/mol. The molecule has 0 atom stereocenters. The Morgan fingerprint density at radius 2 is 2.06 bits per heavy atom. The van der Waals surface area contributed by atoms with Crippen LogP contribution in [0.1, 0.15) is 11.3 Å². The SMILES string of the molecule is NC(=S)c1cccc(-n2cc(C(F)(F)F)cn2)n1. The Balaban J connectivity index is 2.40. The molecule has 0 aliphatic rings. The molecule has 2 aromatic heterocycles. The van der Waals surface area contributed by atoms with Crippen LogP contribution < -0.4 is 5.73 Å². The molecule has 0 amide bonds. The summed E-state index contributed by atoms with van der Waals surface area (Å²) < 4.78 is 38.2. The van der Waals surface area contributed by atoms with E-state index < -0.39 is 11.7 Å². The summed E-state index contributed by atoms with van der Waals surface area (Å²) in [7, 11) is 0. The van der Waals surface area contributed by atoms with Crippen molar-refractivity contribution in [3.05, 3.63) is 41.9 Å². The predicted molar refractivity (Wildman–Crippen MR) is 62.2 cm³/mol. The van der Waals surface area contributed by atoms with E-state index in [4.69, 9.17) is 18.0 Å². The minimum atomic E-state index is -4.43. The lowest BCUT2D eigenvalue weighted by Gasteiger charge is -2.03. The molecule has 0 aliphatic heterocycles. The van der Waals surface area contributed by atoms with Gasteiger partial charge in [0.25, 0.3) is 0 Å². The third kappa shape index (κ3) is 2.48. The maximum absolute atomic E-state index is 12.4. The fraction of sp³-hybridized carbons (Fsp3) is 0.100. The summed E-state index contributed by atoms with van der Waals surface area (Å²) in [6.07, 6.45) is -2.85. The molecule has 0 saturated heterocycles. The number of pyridine rings is 1. The van der Waals surface area contributed by atoms with Gasteiger partial charge in [-0.1, -0.05) is 18.3 Å². The van der Waals surface area contributed by atoms with E-state index in [0.29, 0.717) is 5.69 Å². The molecule has 94 valence electrons. The first kappa shape index (κ1) is 12.5. The monoisotopic (exact) mass is 272 g/mol. The molecule has 2 N–H and O–H groups in total. The standard InChI is InChI=1S/C10H7F3N4S/c11-10(12,13)6-4-15-17(5-6)8-3-1-2-7(16-8)9(14)18/h1-5H,(H2,14,18). The summed E-state index contributed by atoms with van der Waals surface area (Å²) in [5.41, 5.74) is 4.88. The van der Waals surface area contributed by atoms with Crippen molar-refractivity contribution in [2.45, 2.75) is 6.18 Å². The Kier molecular flexibility index (Phi) is 3.04. The molecule has 0 spiro atoms. The molecule has 4 nitrogen and oxygen atoms in total. The number of alkyl halides is 3. The Hall–Kier alpha value is -1.96. The zero-order chi connectivity index (χ0) is 13.3. The second kappa shape index (κ2) is 4.37. The van der Waals surface area contributed by atoms with E-state index in [1.807, 2.05) is 0 Å². The molecule has 0 aromatic carbocycles. The zero-order valence-electron chi connectivity index (χ0n) is 8.85. The van der Waals surface area contributed by atoms with Crippen molar-refractivity contribution < 1.29 is 13.2 Å². The van der Waals surface area contributed by atoms with Gasteiger partial charge in [-0.05, 0) is 12.1 Å². The number of rotatable bonds is 2. The highest BCUT2D eigenvalue weighted by molar-refractivity contribution is 7.80. The molecular formula is C10H7F3N4S. The van der Waals surface area contributed by atoms with Gasteiger partial charge in [0.2, 0.25) is 0 Å². The van der Waals surface area contributed by atoms with Gasteiger partial charge in [0.05, 0.1) is 17.5 Å². The first-order valence-electron chi connectivity index (χ1n) is 4.77. The maximum Gasteiger partial charge on any atom is 0.419 e. The average Bonchev–Trinajstić information content (AvgIpc) is 2.78. The van der Waals surface area contributed by atoms with Crippen LogP contribution in [0.2, 0.25) is 0 Å². The number of aromatic nitrogens is 3. The number of hydrogen-bond donors (Lipinski definition) is 1. The lowest BCUT2D eigenvalue weighted by atomic mass is 10.3. The second-order valence-corrected chi connectivity index (χ2v) is 3.86. The summed E-state index contributed by atoms with van der Waals surface area (Å²) in [5.74, 6) is 0.218. The van der Waals surface area contributed by atoms with Crippen molar-refractivity contribution in [2.24, 2.45) is 5.73 Å². The van der Waals surface area contributed by atoms with Gasteiger partial charge >= 0.3 is 6.18 Å². The normalized spacial score (nSPS) is 11.5. The third-order valence-electron chi connectivity index (χ3n) is 2.13. The Labute approximate surface area is 105 Å². The predicted octanol–water partition coefficient (Wildman–Crippen LogP) is 1.92. The average molecular weight is 272 g/mol. The molecule has 8 heteroatoms. The van der Waals surface area contributed by atoms with E-state index in [9.17, 15) is 13.2 Å². The van der Waals surface area contributed by atoms with Crippen molar-refractivity contribution in [1.82, 2.24) is 14.8 Å². The minimum absolute atomic E-state index is 0.0695. The first-order chi connectivity index (χ1) is 8.38. The number of halogens is 3. The topological polar surface area (TPSA) is 56.7 Å². The van der Waals surface area contributed by atoms with Crippen molar-refractivity contribution in [2.75, 3.05) is 0 Å². The van der Waals surface area contributed by atoms with Crippen LogP contribution in [0, 0.1) is 0 Å². The lowest BCUT2D eigenvalue weighted by Crippen LogP contribution is -2.13. The highest BCUT2D eigenvalue weighted by Crippen LogP contribution is 2.28. The van der Waals surface area contributed by atoms with Gasteiger partial charge in [0.1, 0.15) is 4.99 Å². The third-order valence-corrected chi connectivity index (χ3v) is 2.34. The van der Waals surface area contributed by atoms with Crippen molar-refractivity contribution in [1.29, 1.82) is 0 Å². The highest BCUT2D eigenvalue weighted by atomic mass is 32.1. The van der Waals surface area contributed by atoms with Crippen LogP contribution in [0.3, 0.4) is 0 Å². The quantitative estimate of drug-likeness (QED) is 0.849. The molecule has 2 aromatic rings. The smallest absolute Gasteiger partial charge is 0.388 e. The van der Waals surface area contributed by atoms with Crippen LogP contribution in [0.25, 0.3) is 5.82 Å². The van der Waals surface area contributed by atoms with Crippen LogP contribution in [0.4, 0.5) is 13.2 Å². The first-order valence-corrected chi connectivity index (χ1v) is 5.18. The summed E-state index contributed by atoms with van der Waals surface area (Å²) in [5, 5.41) is 3.60. The zero-order valence-corrected chi connectivity index (χ0v) is 9.66. The van der Waals surface area contributed by atoms with E-state index in [1.165, 1.54) is 6.07 Å². The Morgan fingerprint density at radius 1 is 1.33 bits per heavy atom. The van der Waals surface area contributed by atoms with Crippen molar-refractivity contribution in [3.63, 3.8) is 0 Å². The van der Waals surface area contributed by atoms with E-state index in [-0.39, 0.29) is 10.8 Å². The number of thiocarbonyl (C=S) groups is 1. The summed E-state index contributed by atoms with van der Waals surface area (Å²) in [6.45, 7) is 0. The summed E-state index contributed by atoms with van der Waals surface area (Å²) in [6, 6.07) is 4.67. The van der Waals surface area contributed by atoms with Crippen molar-refractivity contribution in [3.8, 4) is 5.82 Å². The number of nitrogens with two attached hydrogens (primary N) is 1. The van der Waals surface area contributed by atoms with Crippen molar-refractivity contribution >= 4 is 17.2 Å². The van der Waals surface area contributed by atoms with Gasteiger partial charge in [-0.25, -0.2) is 9.67 Å². The number of nitrogens with zero attached hydrogens (tertiary/aromatic N) is 3. The summed E-state index contributed by atoms with van der Waals surface area (Å²) >= 11 is 4.74. The second-order valence-electron chi connectivity index (χ2n) is 3.42. The molecule has 2 heterocycles. The van der Waals surface area contributed by atoms with Crippen LogP contribution in [0.15, 0.2) is 30.6 Å². The van der Waals surface area contributed by atoms with Gasteiger partial charge in [-0.3, -0.25) is 0 Å². The Morgan fingerprint density at radius 3 is 2.61 bits per heavy atom. The molecule has 2 rings (SSSR count). The molecule has 0 aliphatic carbocycles. The minimum Gasteiger partial charge on any atom is -0.388 e. The molecule has 0 fully saturated rings. The molecule has 0 radical (unpaired) electrons. The van der Waals surface area contributed by atoms with Gasteiger partial charge in [-0.15, -0.1) is 0 Å². The van der Waals surface area contributed by atoms with E-state index in [2.05, 4.69) is 10.1 Å². The van der Waals surface area contributed by atoms with E-state index >= 15 is 0 Å². The van der Waals surface area contributed by atoms with Gasteiger partial charge < -0.3 is 5.73 Å². The van der Waals surface area contributed by atoms with Gasteiger partial charge in [0.15, 0.2) is 5.82 Å².